The highest BCUT2D eigenvalue weighted by atomic mass is 79.9. The number of fused-ring (bicyclic) bond motifs is 1. The quantitative estimate of drug-likeness (QED) is 0.339. The van der Waals surface area contributed by atoms with Gasteiger partial charge in [-0.3, -0.25) is 4.79 Å². The van der Waals surface area contributed by atoms with Gasteiger partial charge in [0.25, 0.3) is 5.56 Å². The van der Waals surface area contributed by atoms with Gasteiger partial charge in [-0.1, -0.05) is 36.7 Å². The van der Waals surface area contributed by atoms with Crippen LogP contribution in [0.5, 0.6) is 17.2 Å². The third-order valence-electron chi connectivity index (χ3n) is 5.59. The second-order valence-electron chi connectivity index (χ2n) is 7.89. The molecule has 0 fully saturated rings. The van der Waals surface area contributed by atoms with Crippen molar-refractivity contribution >= 4 is 33.0 Å². The molecule has 2 atom stereocenters. The van der Waals surface area contributed by atoms with Crippen molar-refractivity contribution in [1.29, 1.82) is 0 Å². The van der Waals surface area contributed by atoms with Crippen molar-refractivity contribution in [3.8, 4) is 17.2 Å². The van der Waals surface area contributed by atoms with Crippen LogP contribution in [0.2, 0.25) is 0 Å². The smallest absolute Gasteiger partial charge is 0.282 e. The molecule has 0 spiro atoms. The van der Waals surface area contributed by atoms with Crippen LogP contribution < -0.4 is 19.8 Å². The lowest BCUT2D eigenvalue weighted by Crippen LogP contribution is -2.23. The fraction of sp³-hybridized carbons (Fsp3) is 0.400. The van der Waals surface area contributed by atoms with Crippen molar-refractivity contribution in [2.45, 2.75) is 52.6 Å². The molecule has 3 rings (SSSR count). The van der Waals surface area contributed by atoms with E-state index in [-0.39, 0.29) is 17.6 Å². The molecule has 0 saturated heterocycles. The van der Waals surface area contributed by atoms with Crippen LogP contribution in [0.1, 0.15) is 57.8 Å². The van der Waals surface area contributed by atoms with Gasteiger partial charge in [-0.05, 0) is 50.1 Å². The number of hydrogen-bond donors (Lipinski definition) is 0. The van der Waals surface area contributed by atoms with Crippen LogP contribution in [0.3, 0.4) is 0 Å². The maximum Gasteiger partial charge on any atom is 0.282 e. The minimum absolute atomic E-state index is 0.00646. The molecule has 0 aliphatic heterocycles. The summed E-state index contributed by atoms with van der Waals surface area (Å²) in [5.74, 6) is 2.28. The van der Waals surface area contributed by atoms with Gasteiger partial charge in [0.1, 0.15) is 5.82 Å². The van der Waals surface area contributed by atoms with Crippen LogP contribution in [0.25, 0.3) is 10.9 Å². The van der Waals surface area contributed by atoms with Gasteiger partial charge in [-0.2, -0.15) is 9.78 Å². The zero-order chi connectivity index (χ0) is 24.1. The lowest BCUT2D eigenvalue weighted by atomic mass is 10.1. The summed E-state index contributed by atoms with van der Waals surface area (Å²) in [7, 11) is 3.16. The highest BCUT2D eigenvalue weighted by Gasteiger charge is 2.18. The zero-order valence-electron chi connectivity index (χ0n) is 19.9. The van der Waals surface area contributed by atoms with Gasteiger partial charge in [0.2, 0.25) is 5.75 Å². The van der Waals surface area contributed by atoms with E-state index in [9.17, 15) is 4.79 Å². The summed E-state index contributed by atoms with van der Waals surface area (Å²) in [6.07, 6.45) is 3.29. The number of halogens is 1. The van der Waals surface area contributed by atoms with Crippen molar-refractivity contribution in [2.24, 2.45) is 5.10 Å². The molecular weight excluding hydrogens is 486 g/mol. The van der Waals surface area contributed by atoms with Gasteiger partial charge < -0.3 is 14.2 Å². The Kier molecular flexibility index (Phi) is 8.13. The van der Waals surface area contributed by atoms with Gasteiger partial charge in [-0.15, -0.1) is 0 Å². The van der Waals surface area contributed by atoms with E-state index < -0.39 is 0 Å². The fourth-order valence-electron chi connectivity index (χ4n) is 3.28. The molecule has 1 aromatic heterocycles. The van der Waals surface area contributed by atoms with Crippen LogP contribution in [-0.4, -0.2) is 36.2 Å². The first-order valence-electron chi connectivity index (χ1n) is 11.0. The Hall–Kier alpha value is -2.87. The molecule has 0 saturated carbocycles. The number of ether oxygens (including phenoxy) is 3. The molecule has 0 aliphatic carbocycles. The van der Waals surface area contributed by atoms with Crippen LogP contribution in [0.15, 0.2) is 44.7 Å². The molecule has 176 valence electrons. The van der Waals surface area contributed by atoms with E-state index in [2.05, 4.69) is 28.0 Å². The third kappa shape index (κ3) is 5.38. The molecule has 0 N–H and O–H groups in total. The van der Waals surface area contributed by atoms with E-state index in [0.29, 0.717) is 39.5 Å². The highest BCUT2D eigenvalue weighted by molar-refractivity contribution is 9.10. The monoisotopic (exact) mass is 515 g/mol. The number of hydrogen-bond acceptors (Lipinski definition) is 6. The first-order chi connectivity index (χ1) is 15.8. The van der Waals surface area contributed by atoms with E-state index in [0.717, 1.165) is 17.3 Å². The molecule has 0 amide bonds. The van der Waals surface area contributed by atoms with Gasteiger partial charge in [0.05, 0.1) is 37.4 Å². The SMILES string of the molecule is CC[C@@H](C)c1nc2ccc(Br)cc2c(=O)n1N=Cc1cc(OC)c(O[C@@H](C)CC)c(OC)c1. The third-order valence-corrected chi connectivity index (χ3v) is 6.08. The lowest BCUT2D eigenvalue weighted by molar-refractivity contribution is 0.198. The van der Waals surface area contributed by atoms with Gasteiger partial charge in [0.15, 0.2) is 11.5 Å². The van der Waals surface area contributed by atoms with Crippen LogP contribution in [0, 0.1) is 0 Å². The average Bonchev–Trinajstić information content (AvgIpc) is 2.83. The summed E-state index contributed by atoms with van der Waals surface area (Å²) >= 11 is 3.43. The minimum atomic E-state index is -0.219. The molecule has 0 radical (unpaired) electrons. The number of aromatic nitrogens is 2. The summed E-state index contributed by atoms with van der Waals surface area (Å²) in [6, 6.07) is 9.10. The molecule has 0 unspecified atom stereocenters. The van der Waals surface area contributed by atoms with Crippen molar-refractivity contribution in [1.82, 2.24) is 9.66 Å². The molecule has 0 bridgehead atoms. The summed E-state index contributed by atoms with van der Waals surface area (Å²) in [5.41, 5.74) is 1.14. The first kappa shape index (κ1) is 24.8. The molecule has 2 aromatic carbocycles. The van der Waals surface area contributed by atoms with Crippen molar-refractivity contribution in [3.05, 3.63) is 56.5 Å². The van der Waals surface area contributed by atoms with Crippen LogP contribution >= 0.6 is 15.9 Å². The van der Waals surface area contributed by atoms with Gasteiger partial charge in [-0.25, -0.2) is 4.98 Å². The number of nitrogens with zero attached hydrogens (tertiary/aromatic N) is 3. The highest BCUT2D eigenvalue weighted by Crippen LogP contribution is 2.39. The fourth-order valence-corrected chi connectivity index (χ4v) is 3.64. The maximum atomic E-state index is 13.3. The predicted molar refractivity (Wildman–Crippen MR) is 135 cm³/mol. The standard InChI is InChI=1S/C25H30BrN3O4/c1-7-15(3)24-28-20-10-9-18(26)13-19(20)25(30)29(24)27-14-17-11-21(31-5)23(22(12-17)32-6)33-16(4)8-2/h9-16H,7-8H2,1-6H3/t15-,16+/m1/s1. The normalized spacial score (nSPS) is 13.3. The number of benzene rings is 2. The Morgan fingerprint density at radius 2 is 1.76 bits per heavy atom. The van der Waals surface area contributed by atoms with E-state index in [1.165, 1.54) is 4.68 Å². The molecular formula is C25H30BrN3O4. The molecule has 7 nitrogen and oxygen atoms in total. The van der Waals surface area contributed by atoms with Crippen molar-refractivity contribution in [3.63, 3.8) is 0 Å². The Balaban J connectivity index is 2.13. The minimum Gasteiger partial charge on any atom is -0.493 e. The average molecular weight is 516 g/mol. The lowest BCUT2D eigenvalue weighted by Gasteiger charge is -2.18. The maximum absolute atomic E-state index is 13.3. The first-order valence-corrected chi connectivity index (χ1v) is 11.8. The summed E-state index contributed by atoms with van der Waals surface area (Å²) < 4.78 is 19.3. The Labute approximate surface area is 202 Å². The number of methoxy groups -OCH3 is 2. The van der Waals surface area contributed by atoms with E-state index >= 15 is 0 Å². The van der Waals surface area contributed by atoms with Gasteiger partial charge >= 0.3 is 0 Å². The Morgan fingerprint density at radius 1 is 1.09 bits per heavy atom. The molecule has 3 aromatic rings. The zero-order valence-corrected chi connectivity index (χ0v) is 21.5. The summed E-state index contributed by atoms with van der Waals surface area (Å²) in [4.78, 5) is 18.1. The van der Waals surface area contributed by atoms with Crippen molar-refractivity contribution < 1.29 is 14.2 Å². The Bertz CT molecular complexity index is 1200. The second kappa shape index (κ2) is 10.8. The summed E-state index contributed by atoms with van der Waals surface area (Å²) in [5, 5.41) is 5.03. The number of rotatable bonds is 9. The van der Waals surface area contributed by atoms with E-state index in [1.54, 1.807) is 26.5 Å². The van der Waals surface area contributed by atoms with Crippen molar-refractivity contribution in [2.75, 3.05) is 14.2 Å². The van der Waals surface area contributed by atoms with Crippen LogP contribution in [0.4, 0.5) is 0 Å². The second-order valence-corrected chi connectivity index (χ2v) is 8.81. The van der Waals surface area contributed by atoms with E-state index in [4.69, 9.17) is 19.2 Å². The molecule has 0 aliphatic rings. The van der Waals surface area contributed by atoms with Crippen LogP contribution in [-0.2, 0) is 0 Å². The largest absolute Gasteiger partial charge is 0.493 e. The van der Waals surface area contributed by atoms with Gasteiger partial charge in [0, 0.05) is 16.0 Å². The molecule has 1 heterocycles. The predicted octanol–water partition coefficient (Wildman–Crippen LogP) is 5.75. The Morgan fingerprint density at radius 3 is 2.33 bits per heavy atom. The summed E-state index contributed by atoms with van der Waals surface area (Å²) in [6.45, 7) is 8.13. The molecule has 33 heavy (non-hydrogen) atoms. The topological polar surface area (TPSA) is 74.9 Å². The molecule has 8 heteroatoms. The van der Waals surface area contributed by atoms with E-state index in [1.807, 2.05) is 45.0 Å².